The molecular formula is C14H14O. The Bertz CT molecular complexity index is 403. The number of ether oxygens (including phenoxy) is 1. The minimum Gasteiger partial charge on any atom is -0.497 e. The van der Waals surface area contributed by atoms with Gasteiger partial charge in [0, 0.05) is 0 Å². The van der Waals surface area contributed by atoms with Gasteiger partial charge < -0.3 is 4.74 Å². The van der Waals surface area contributed by atoms with Gasteiger partial charge in [0.05, 0.1) is 7.11 Å². The first-order chi connectivity index (χ1) is 7.38. The van der Waals surface area contributed by atoms with Gasteiger partial charge in [0.2, 0.25) is 0 Å². The van der Waals surface area contributed by atoms with Crippen LogP contribution >= 0.6 is 0 Å². The van der Waals surface area contributed by atoms with E-state index >= 15 is 0 Å². The summed E-state index contributed by atoms with van der Waals surface area (Å²) >= 11 is 0. The first kappa shape index (κ1) is 9.78. The van der Waals surface area contributed by atoms with Crippen LogP contribution in [0.3, 0.4) is 0 Å². The molecule has 0 spiro atoms. The fourth-order valence-electron chi connectivity index (χ4n) is 1.57. The minimum atomic E-state index is 0.909. The quantitative estimate of drug-likeness (QED) is 0.735. The lowest BCUT2D eigenvalue weighted by Crippen LogP contribution is -1.88. The zero-order valence-electron chi connectivity index (χ0n) is 8.81. The van der Waals surface area contributed by atoms with E-state index in [-0.39, 0.29) is 0 Å². The zero-order chi connectivity index (χ0) is 10.5. The third kappa shape index (κ3) is 2.59. The smallest absolute Gasteiger partial charge is 0.118 e. The highest BCUT2D eigenvalue weighted by Crippen LogP contribution is 2.14. The summed E-state index contributed by atoms with van der Waals surface area (Å²) in [6.45, 7) is 0. The summed E-state index contributed by atoms with van der Waals surface area (Å²) in [5, 5.41) is 0. The van der Waals surface area contributed by atoms with Gasteiger partial charge in [-0.15, -0.1) is 0 Å². The van der Waals surface area contributed by atoms with Crippen LogP contribution < -0.4 is 4.74 Å². The lowest BCUT2D eigenvalue weighted by molar-refractivity contribution is 0.414. The Morgan fingerprint density at radius 1 is 0.800 bits per heavy atom. The Hall–Kier alpha value is -1.76. The number of benzene rings is 2. The second-order valence-electron chi connectivity index (χ2n) is 3.51. The van der Waals surface area contributed by atoms with Crippen molar-refractivity contribution >= 4 is 0 Å². The summed E-state index contributed by atoms with van der Waals surface area (Å²) in [6, 6.07) is 18.7. The van der Waals surface area contributed by atoms with Crippen molar-refractivity contribution in [3.05, 3.63) is 65.7 Å². The summed E-state index contributed by atoms with van der Waals surface area (Å²) in [4.78, 5) is 0. The van der Waals surface area contributed by atoms with Crippen molar-refractivity contribution in [2.24, 2.45) is 0 Å². The van der Waals surface area contributed by atoms with Crippen molar-refractivity contribution in [3.8, 4) is 5.75 Å². The highest BCUT2D eigenvalue weighted by atomic mass is 16.5. The topological polar surface area (TPSA) is 9.23 Å². The standard InChI is InChI=1S/C14H14O/c1-15-14-9-7-13(8-10-14)11-12-5-3-2-4-6-12/h2-10H,11H2,1H3. The van der Waals surface area contributed by atoms with E-state index in [2.05, 4.69) is 36.4 Å². The van der Waals surface area contributed by atoms with Gasteiger partial charge in [-0.05, 0) is 29.7 Å². The molecule has 0 fully saturated rings. The molecule has 0 aliphatic rings. The Morgan fingerprint density at radius 2 is 1.40 bits per heavy atom. The average molecular weight is 198 g/mol. The maximum atomic E-state index is 5.12. The molecule has 0 saturated carbocycles. The van der Waals surface area contributed by atoms with Crippen LogP contribution in [-0.2, 0) is 6.42 Å². The van der Waals surface area contributed by atoms with Crippen molar-refractivity contribution in [2.75, 3.05) is 7.11 Å². The zero-order valence-corrected chi connectivity index (χ0v) is 8.81. The maximum absolute atomic E-state index is 5.12. The van der Waals surface area contributed by atoms with Crippen LogP contribution in [0.15, 0.2) is 54.6 Å². The molecule has 0 saturated heterocycles. The average Bonchev–Trinajstić information content (AvgIpc) is 2.31. The molecule has 1 heteroatoms. The van der Waals surface area contributed by atoms with Crippen LogP contribution in [0.1, 0.15) is 11.1 Å². The summed E-state index contributed by atoms with van der Waals surface area (Å²) in [5.74, 6) is 0.909. The molecule has 0 amide bonds. The van der Waals surface area contributed by atoms with Crippen LogP contribution in [0.2, 0.25) is 0 Å². The van der Waals surface area contributed by atoms with Gasteiger partial charge in [-0.25, -0.2) is 0 Å². The molecule has 0 aliphatic heterocycles. The van der Waals surface area contributed by atoms with Crippen LogP contribution in [0.25, 0.3) is 0 Å². The highest BCUT2D eigenvalue weighted by Gasteiger charge is 1.95. The van der Waals surface area contributed by atoms with E-state index in [1.807, 2.05) is 18.2 Å². The molecule has 0 unspecified atom stereocenters. The predicted octanol–water partition coefficient (Wildman–Crippen LogP) is 3.29. The molecule has 0 heterocycles. The van der Waals surface area contributed by atoms with Crippen LogP contribution in [-0.4, -0.2) is 7.11 Å². The fourth-order valence-corrected chi connectivity index (χ4v) is 1.57. The molecule has 0 aliphatic carbocycles. The van der Waals surface area contributed by atoms with Gasteiger partial charge in [-0.3, -0.25) is 0 Å². The lowest BCUT2D eigenvalue weighted by atomic mass is 10.1. The van der Waals surface area contributed by atoms with E-state index in [9.17, 15) is 0 Å². The number of hydrogen-bond donors (Lipinski definition) is 0. The molecule has 0 N–H and O–H groups in total. The van der Waals surface area contributed by atoms with Crippen molar-refractivity contribution < 1.29 is 4.74 Å². The summed E-state index contributed by atoms with van der Waals surface area (Å²) in [6.07, 6.45) is 0.977. The first-order valence-electron chi connectivity index (χ1n) is 5.05. The Morgan fingerprint density at radius 3 is 2.00 bits per heavy atom. The van der Waals surface area contributed by atoms with E-state index in [1.54, 1.807) is 7.11 Å². The van der Waals surface area contributed by atoms with Crippen molar-refractivity contribution in [1.29, 1.82) is 0 Å². The molecule has 0 radical (unpaired) electrons. The van der Waals surface area contributed by atoms with E-state index in [1.165, 1.54) is 11.1 Å². The van der Waals surface area contributed by atoms with Crippen molar-refractivity contribution in [3.63, 3.8) is 0 Å². The maximum Gasteiger partial charge on any atom is 0.118 e. The summed E-state index contributed by atoms with van der Waals surface area (Å²) in [7, 11) is 1.69. The normalized spacial score (nSPS) is 9.93. The van der Waals surface area contributed by atoms with Crippen LogP contribution in [0, 0.1) is 0 Å². The van der Waals surface area contributed by atoms with E-state index in [4.69, 9.17) is 4.74 Å². The van der Waals surface area contributed by atoms with Crippen LogP contribution in [0.5, 0.6) is 5.75 Å². The third-order valence-electron chi connectivity index (χ3n) is 2.41. The number of rotatable bonds is 3. The molecule has 0 aromatic heterocycles. The first-order valence-corrected chi connectivity index (χ1v) is 5.05. The van der Waals surface area contributed by atoms with E-state index < -0.39 is 0 Å². The largest absolute Gasteiger partial charge is 0.497 e. The van der Waals surface area contributed by atoms with Gasteiger partial charge >= 0.3 is 0 Å². The Balaban J connectivity index is 2.11. The fraction of sp³-hybridized carbons (Fsp3) is 0.143. The van der Waals surface area contributed by atoms with E-state index in [0.717, 1.165) is 12.2 Å². The summed E-state index contributed by atoms with van der Waals surface area (Å²) < 4.78 is 5.12. The Labute approximate surface area is 90.3 Å². The molecule has 76 valence electrons. The number of methoxy groups -OCH3 is 1. The summed E-state index contributed by atoms with van der Waals surface area (Å²) in [5.41, 5.74) is 2.64. The predicted molar refractivity (Wildman–Crippen MR) is 62.2 cm³/mol. The monoisotopic (exact) mass is 198 g/mol. The van der Waals surface area contributed by atoms with Crippen molar-refractivity contribution in [2.45, 2.75) is 6.42 Å². The molecule has 2 rings (SSSR count). The molecule has 2 aromatic rings. The minimum absolute atomic E-state index is 0.909. The molecule has 0 bridgehead atoms. The number of hydrogen-bond acceptors (Lipinski definition) is 1. The van der Waals surface area contributed by atoms with Gasteiger partial charge in [0.25, 0.3) is 0 Å². The van der Waals surface area contributed by atoms with Crippen LogP contribution in [0.4, 0.5) is 0 Å². The van der Waals surface area contributed by atoms with Gasteiger partial charge in [0.15, 0.2) is 0 Å². The highest BCUT2D eigenvalue weighted by molar-refractivity contribution is 5.31. The van der Waals surface area contributed by atoms with Gasteiger partial charge in [0.1, 0.15) is 5.75 Å². The van der Waals surface area contributed by atoms with Gasteiger partial charge in [-0.1, -0.05) is 42.5 Å². The molecule has 2 aromatic carbocycles. The van der Waals surface area contributed by atoms with Crippen molar-refractivity contribution in [1.82, 2.24) is 0 Å². The van der Waals surface area contributed by atoms with E-state index in [0.29, 0.717) is 0 Å². The third-order valence-corrected chi connectivity index (χ3v) is 2.41. The lowest BCUT2D eigenvalue weighted by Gasteiger charge is -2.03. The molecular weight excluding hydrogens is 184 g/mol. The molecule has 15 heavy (non-hydrogen) atoms. The second-order valence-corrected chi connectivity index (χ2v) is 3.51. The van der Waals surface area contributed by atoms with Gasteiger partial charge in [-0.2, -0.15) is 0 Å². The molecule has 0 atom stereocenters. The second kappa shape index (κ2) is 4.65. The SMILES string of the molecule is COc1ccc(Cc2ccccc2)cc1. The Kier molecular flexibility index (Phi) is 3.03. The molecule has 1 nitrogen and oxygen atoms in total.